The fourth-order valence-corrected chi connectivity index (χ4v) is 1.67. The van der Waals surface area contributed by atoms with Gasteiger partial charge in [0.25, 0.3) is 0 Å². The SMILES string of the molecule is CN(C)Cc1nc(C(=O)O)n2ccccc12. The minimum Gasteiger partial charge on any atom is -0.475 e. The Bertz CT molecular complexity index is 531. The minimum absolute atomic E-state index is 0.0625. The summed E-state index contributed by atoms with van der Waals surface area (Å²) in [4.78, 5) is 17.1. The molecule has 0 atom stereocenters. The zero-order chi connectivity index (χ0) is 11.7. The van der Waals surface area contributed by atoms with Crippen molar-refractivity contribution in [1.29, 1.82) is 0 Å². The number of carboxylic acids is 1. The van der Waals surface area contributed by atoms with E-state index >= 15 is 0 Å². The quantitative estimate of drug-likeness (QED) is 0.839. The zero-order valence-corrected chi connectivity index (χ0v) is 9.21. The Kier molecular flexibility index (Phi) is 2.62. The van der Waals surface area contributed by atoms with Gasteiger partial charge in [0.05, 0.1) is 11.2 Å². The molecule has 2 rings (SSSR count). The Labute approximate surface area is 92.9 Å². The predicted octanol–water partition coefficient (Wildman–Crippen LogP) is 1.09. The van der Waals surface area contributed by atoms with E-state index in [1.807, 2.05) is 31.1 Å². The van der Waals surface area contributed by atoms with Crippen LogP contribution in [0, 0.1) is 0 Å². The molecule has 0 aliphatic carbocycles. The first-order chi connectivity index (χ1) is 7.59. The molecule has 2 heterocycles. The van der Waals surface area contributed by atoms with Crippen LogP contribution in [0.4, 0.5) is 0 Å². The van der Waals surface area contributed by atoms with Crippen LogP contribution in [-0.4, -0.2) is 39.5 Å². The van der Waals surface area contributed by atoms with Gasteiger partial charge in [-0.1, -0.05) is 6.07 Å². The maximum atomic E-state index is 11.0. The molecule has 0 bridgehead atoms. The van der Waals surface area contributed by atoms with Crippen LogP contribution in [0.3, 0.4) is 0 Å². The Hall–Kier alpha value is -1.88. The van der Waals surface area contributed by atoms with E-state index in [1.165, 1.54) is 0 Å². The molecular weight excluding hydrogens is 206 g/mol. The van der Waals surface area contributed by atoms with Crippen LogP contribution >= 0.6 is 0 Å². The number of nitrogens with zero attached hydrogens (tertiary/aromatic N) is 3. The molecule has 0 spiro atoms. The summed E-state index contributed by atoms with van der Waals surface area (Å²) in [5.41, 5.74) is 1.62. The van der Waals surface area contributed by atoms with Crippen LogP contribution in [0.1, 0.15) is 16.3 Å². The van der Waals surface area contributed by atoms with E-state index in [2.05, 4.69) is 4.98 Å². The maximum absolute atomic E-state index is 11.0. The third-order valence-electron chi connectivity index (χ3n) is 2.28. The molecule has 0 radical (unpaired) electrons. The fraction of sp³-hybridized carbons (Fsp3) is 0.273. The molecular formula is C11H13N3O2. The Morgan fingerprint density at radius 2 is 2.25 bits per heavy atom. The van der Waals surface area contributed by atoms with Crippen LogP contribution in [-0.2, 0) is 6.54 Å². The average molecular weight is 219 g/mol. The highest BCUT2D eigenvalue weighted by Gasteiger charge is 2.15. The van der Waals surface area contributed by atoms with Gasteiger partial charge in [-0.2, -0.15) is 0 Å². The number of hydrogen-bond acceptors (Lipinski definition) is 3. The van der Waals surface area contributed by atoms with Gasteiger partial charge in [-0.3, -0.25) is 4.40 Å². The highest BCUT2D eigenvalue weighted by atomic mass is 16.4. The summed E-state index contributed by atoms with van der Waals surface area (Å²) in [6.07, 6.45) is 1.71. The first kappa shape index (κ1) is 10.6. The predicted molar refractivity (Wildman–Crippen MR) is 59.5 cm³/mol. The highest BCUT2D eigenvalue weighted by molar-refractivity contribution is 5.85. The van der Waals surface area contributed by atoms with Gasteiger partial charge < -0.3 is 10.0 Å². The van der Waals surface area contributed by atoms with Gasteiger partial charge in [-0.05, 0) is 26.2 Å². The lowest BCUT2D eigenvalue weighted by atomic mass is 10.3. The Balaban J connectivity index is 2.62. The average Bonchev–Trinajstić information content (AvgIpc) is 2.57. The first-order valence-electron chi connectivity index (χ1n) is 4.93. The van der Waals surface area contributed by atoms with Gasteiger partial charge in [0.1, 0.15) is 0 Å². The lowest BCUT2D eigenvalue weighted by molar-refractivity contribution is 0.0682. The second-order valence-corrected chi connectivity index (χ2v) is 3.88. The standard InChI is InChI=1S/C11H13N3O2/c1-13(2)7-8-9-5-3-4-6-14(9)10(12-8)11(15)16/h3-6H,7H2,1-2H3,(H,15,16). The van der Waals surface area contributed by atoms with Crippen LogP contribution in [0.2, 0.25) is 0 Å². The van der Waals surface area contributed by atoms with Gasteiger partial charge >= 0.3 is 5.97 Å². The molecule has 0 fully saturated rings. The molecule has 16 heavy (non-hydrogen) atoms. The molecule has 0 amide bonds. The second-order valence-electron chi connectivity index (χ2n) is 3.88. The normalized spacial score (nSPS) is 11.2. The van der Waals surface area contributed by atoms with Crippen LogP contribution in [0.25, 0.3) is 5.52 Å². The summed E-state index contributed by atoms with van der Waals surface area (Å²) in [5.74, 6) is -0.946. The number of aromatic nitrogens is 2. The largest absolute Gasteiger partial charge is 0.475 e. The molecule has 2 aromatic heterocycles. The summed E-state index contributed by atoms with van der Waals surface area (Å²) >= 11 is 0. The topological polar surface area (TPSA) is 57.8 Å². The van der Waals surface area contributed by atoms with Gasteiger partial charge in [0.15, 0.2) is 0 Å². The Morgan fingerprint density at radius 1 is 1.50 bits per heavy atom. The van der Waals surface area contributed by atoms with E-state index in [1.54, 1.807) is 16.7 Å². The zero-order valence-electron chi connectivity index (χ0n) is 9.21. The van der Waals surface area contributed by atoms with Crippen molar-refractivity contribution in [3.63, 3.8) is 0 Å². The molecule has 2 aromatic rings. The summed E-state index contributed by atoms with van der Waals surface area (Å²) < 4.78 is 1.60. The summed E-state index contributed by atoms with van der Waals surface area (Å²) in [7, 11) is 3.85. The monoisotopic (exact) mass is 219 g/mol. The molecule has 84 valence electrons. The van der Waals surface area contributed by atoms with E-state index in [0.29, 0.717) is 6.54 Å². The van der Waals surface area contributed by atoms with Crippen molar-refractivity contribution in [3.8, 4) is 0 Å². The minimum atomic E-state index is -1.01. The molecule has 5 heteroatoms. The molecule has 0 saturated carbocycles. The third-order valence-corrected chi connectivity index (χ3v) is 2.28. The van der Waals surface area contributed by atoms with E-state index in [-0.39, 0.29) is 5.82 Å². The molecule has 0 aliphatic rings. The van der Waals surface area contributed by atoms with Crippen molar-refractivity contribution in [3.05, 3.63) is 35.9 Å². The molecule has 1 N–H and O–H groups in total. The Morgan fingerprint density at radius 3 is 2.88 bits per heavy atom. The number of hydrogen-bond donors (Lipinski definition) is 1. The number of aromatic carboxylic acids is 1. The van der Waals surface area contributed by atoms with E-state index in [9.17, 15) is 4.79 Å². The van der Waals surface area contributed by atoms with E-state index in [0.717, 1.165) is 11.2 Å². The number of carbonyl (C=O) groups is 1. The lowest BCUT2D eigenvalue weighted by Crippen LogP contribution is -2.11. The van der Waals surface area contributed by atoms with Gasteiger partial charge in [-0.25, -0.2) is 9.78 Å². The van der Waals surface area contributed by atoms with Crippen molar-refractivity contribution in [2.75, 3.05) is 14.1 Å². The summed E-state index contributed by atoms with van der Waals surface area (Å²) in [6.45, 7) is 0.626. The first-order valence-corrected chi connectivity index (χ1v) is 4.93. The van der Waals surface area contributed by atoms with Crippen molar-refractivity contribution in [2.24, 2.45) is 0 Å². The number of carboxylic acid groups (broad SMARTS) is 1. The number of fused-ring (bicyclic) bond motifs is 1. The number of pyridine rings is 1. The van der Waals surface area contributed by atoms with Gasteiger partial charge in [0.2, 0.25) is 5.82 Å². The lowest BCUT2D eigenvalue weighted by Gasteiger charge is -2.06. The van der Waals surface area contributed by atoms with Gasteiger partial charge in [-0.15, -0.1) is 0 Å². The van der Waals surface area contributed by atoms with E-state index < -0.39 is 5.97 Å². The van der Waals surface area contributed by atoms with Crippen LogP contribution < -0.4 is 0 Å². The van der Waals surface area contributed by atoms with Crippen molar-refractivity contribution < 1.29 is 9.90 Å². The number of imidazole rings is 1. The van der Waals surface area contributed by atoms with Gasteiger partial charge in [0, 0.05) is 12.7 Å². The van der Waals surface area contributed by atoms with E-state index in [4.69, 9.17) is 5.11 Å². The summed E-state index contributed by atoms with van der Waals surface area (Å²) in [5, 5.41) is 9.03. The molecule has 0 aliphatic heterocycles. The van der Waals surface area contributed by atoms with Crippen molar-refractivity contribution in [1.82, 2.24) is 14.3 Å². The van der Waals surface area contributed by atoms with Crippen molar-refractivity contribution in [2.45, 2.75) is 6.54 Å². The molecule has 0 aromatic carbocycles. The molecule has 0 unspecified atom stereocenters. The highest BCUT2D eigenvalue weighted by Crippen LogP contribution is 2.14. The maximum Gasteiger partial charge on any atom is 0.372 e. The third kappa shape index (κ3) is 1.77. The summed E-state index contributed by atoms with van der Waals surface area (Å²) in [6, 6.07) is 5.54. The van der Waals surface area contributed by atoms with Crippen LogP contribution in [0.5, 0.6) is 0 Å². The molecule has 0 saturated heterocycles. The van der Waals surface area contributed by atoms with Crippen molar-refractivity contribution >= 4 is 11.5 Å². The van der Waals surface area contributed by atoms with Crippen LogP contribution in [0.15, 0.2) is 24.4 Å². The second kappa shape index (κ2) is 3.94. The number of rotatable bonds is 3. The smallest absolute Gasteiger partial charge is 0.372 e. The fourth-order valence-electron chi connectivity index (χ4n) is 1.67. The molecule has 5 nitrogen and oxygen atoms in total.